The average molecular weight is 453 g/mol. The normalized spacial score (nSPS) is 16.3. The van der Waals surface area contributed by atoms with Gasteiger partial charge in [-0.3, -0.25) is 0 Å². The highest BCUT2D eigenvalue weighted by Crippen LogP contribution is 2.59. The van der Waals surface area contributed by atoms with Crippen molar-refractivity contribution in [3.05, 3.63) is 28.1 Å². The number of terminal acetylenes is 2. The van der Waals surface area contributed by atoms with E-state index in [0.29, 0.717) is 23.0 Å². The Hall–Kier alpha value is -1.32. The second kappa shape index (κ2) is 11.6. The molecule has 0 aromatic heterocycles. The summed E-state index contributed by atoms with van der Waals surface area (Å²) in [6.45, 7) is 4.67. The number of rotatable bonds is 8. The second-order valence-electron chi connectivity index (χ2n) is 5.57. The molecule has 0 fully saturated rings. The molecule has 8 heteroatoms. The summed E-state index contributed by atoms with van der Waals surface area (Å²) in [5.41, 5.74) is 0. The standard InChI is InChI=1S/C20H20O4S4/c1-5-9-11-23-17(21)15-16(18(22)24-12-10-6-2)28-20(27-15)19-25-13(7-3)14(8-4)26-19/h3-4H,5-6,9-12H2,1-2H3. The molecule has 148 valence electrons. The summed E-state index contributed by atoms with van der Waals surface area (Å²) in [4.78, 5) is 26.9. The van der Waals surface area contributed by atoms with Crippen LogP contribution in [-0.4, -0.2) is 25.2 Å². The van der Waals surface area contributed by atoms with Crippen LogP contribution in [-0.2, 0) is 19.1 Å². The zero-order valence-corrected chi connectivity index (χ0v) is 18.9. The maximum atomic E-state index is 12.5. The van der Waals surface area contributed by atoms with Crippen LogP contribution >= 0.6 is 47.0 Å². The molecule has 0 radical (unpaired) electrons. The van der Waals surface area contributed by atoms with Gasteiger partial charge in [0.1, 0.15) is 9.81 Å². The number of hydrogen-bond acceptors (Lipinski definition) is 8. The maximum absolute atomic E-state index is 12.5. The monoisotopic (exact) mass is 452 g/mol. The molecule has 2 heterocycles. The molecule has 2 rings (SSSR count). The highest BCUT2D eigenvalue weighted by Gasteiger charge is 2.36. The lowest BCUT2D eigenvalue weighted by atomic mass is 10.3. The van der Waals surface area contributed by atoms with Crippen molar-refractivity contribution in [2.45, 2.75) is 39.5 Å². The lowest BCUT2D eigenvalue weighted by Crippen LogP contribution is -2.12. The lowest BCUT2D eigenvalue weighted by Gasteiger charge is -2.06. The summed E-state index contributed by atoms with van der Waals surface area (Å²) in [5.74, 6) is 4.17. The number of hydrogen-bond donors (Lipinski definition) is 0. The molecule has 0 bridgehead atoms. The molecule has 2 aliphatic heterocycles. The average Bonchev–Trinajstić information content (AvgIpc) is 3.32. The number of carbonyl (C=O) groups excluding carboxylic acids is 2. The van der Waals surface area contributed by atoms with Crippen molar-refractivity contribution in [1.29, 1.82) is 0 Å². The molecule has 0 saturated carbocycles. The molecule has 0 N–H and O–H groups in total. The van der Waals surface area contributed by atoms with Gasteiger partial charge in [-0.05, 0) is 12.8 Å². The van der Waals surface area contributed by atoms with Gasteiger partial charge in [0, 0.05) is 0 Å². The highest BCUT2D eigenvalue weighted by molar-refractivity contribution is 8.34. The molecule has 0 aromatic rings. The van der Waals surface area contributed by atoms with E-state index in [0.717, 1.165) is 34.2 Å². The quantitative estimate of drug-likeness (QED) is 0.274. The first kappa shape index (κ1) is 23.0. The van der Waals surface area contributed by atoms with Gasteiger partial charge in [-0.1, -0.05) is 85.6 Å². The number of carbonyl (C=O) groups is 2. The van der Waals surface area contributed by atoms with E-state index in [9.17, 15) is 9.59 Å². The van der Waals surface area contributed by atoms with Gasteiger partial charge in [0.15, 0.2) is 0 Å². The van der Waals surface area contributed by atoms with Crippen LogP contribution in [0.1, 0.15) is 39.5 Å². The van der Waals surface area contributed by atoms with Crippen LogP contribution in [0.25, 0.3) is 0 Å². The predicted molar refractivity (Wildman–Crippen MR) is 121 cm³/mol. The van der Waals surface area contributed by atoms with Crippen molar-refractivity contribution >= 4 is 59.0 Å². The van der Waals surface area contributed by atoms with Crippen LogP contribution in [0, 0.1) is 24.7 Å². The van der Waals surface area contributed by atoms with Crippen molar-refractivity contribution in [2.24, 2.45) is 0 Å². The van der Waals surface area contributed by atoms with Crippen molar-refractivity contribution in [1.82, 2.24) is 0 Å². The van der Waals surface area contributed by atoms with Crippen LogP contribution in [0.3, 0.4) is 0 Å². The number of ether oxygens (including phenoxy) is 2. The van der Waals surface area contributed by atoms with Gasteiger partial charge in [-0.2, -0.15) is 0 Å². The summed E-state index contributed by atoms with van der Waals surface area (Å²) in [6, 6.07) is 0. The molecular formula is C20H20O4S4. The Kier molecular flexibility index (Phi) is 9.53. The maximum Gasteiger partial charge on any atom is 0.346 e. The zero-order valence-electron chi connectivity index (χ0n) is 15.7. The smallest absolute Gasteiger partial charge is 0.346 e. The highest BCUT2D eigenvalue weighted by atomic mass is 32.2. The van der Waals surface area contributed by atoms with E-state index in [-0.39, 0.29) is 9.81 Å². The molecule has 0 spiro atoms. The van der Waals surface area contributed by atoms with E-state index in [1.165, 1.54) is 47.0 Å². The third-order valence-electron chi connectivity index (χ3n) is 3.45. The Morgan fingerprint density at radius 1 is 0.786 bits per heavy atom. The van der Waals surface area contributed by atoms with Crippen LogP contribution in [0.5, 0.6) is 0 Å². The zero-order chi connectivity index (χ0) is 20.5. The van der Waals surface area contributed by atoms with E-state index in [1.807, 2.05) is 13.8 Å². The van der Waals surface area contributed by atoms with Crippen molar-refractivity contribution in [3.8, 4) is 24.7 Å². The van der Waals surface area contributed by atoms with Gasteiger partial charge in [-0.25, -0.2) is 9.59 Å². The molecule has 0 aliphatic carbocycles. The summed E-state index contributed by atoms with van der Waals surface area (Å²) in [7, 11) is 0. The minimum Gasteiger partial charge on any atom is -0.462 e. The number of thioether (sulfide) groups is 4. The molecule has 0 saturated heterocycles. The lowest BCUT2D eigenvalue weighted by molar-refractivity contribution is -0.141. The Morgan fingerprint density at radius 3 is 1.54 bits per heavy atom. The van der Waals surface area contributed by atoms with Gasteiger partial charge in [0.2, 0.25) is 0 Å². The Balaban J connectivity index is 2.21. The number of unbranched alkanes of at least 4 members (excludes halogenated alkanes) is 2. The fourth-order valence-electron chi connectivity index (χ4n) is 1.97. The van der Waals surface area contributed by atoms with Crippen LogP contribution in [0.15, 0.2) is 28.1 Å². The van der Waals surface area contributed by atoms with Gasteiger partial charge in [0.25, 0.3) is 0 Å². The first-order valence-electron chi connectivity index (χ1n) is 8.77. The number of esters is 2. The van der Waals surface area contributed by atoms with Crippen LogP contribution in [0.2, 0.25) is 0 Å². The molecule has 4 nitrogen and oxygen atoms in total. The molecular weight excluding hydrogens is 432 g/mol. The van der Waals surface area contributed by atoms with Gasteiger partial charge in [-0.15, -0.1) is 12.8 Å². The molecule has 0 unspecified atom stereocenters. The van der Waals surface area contributed by atoms with E-state index < -0.39 is 11.9 Å². The summed E-state index contributed by atoms with van der Waals surface area (Å²) < 4.78 is 12.3. The van der Waals surface area contributed by atoms with Crippen molar-refractivity contribution < 1.29 is 19.1 Å². The number of allylic oxidation sites excluding steroid dienone is 2. The first-order chi connectivity index (χ1) is 13.5. The Morgan fingerprint density at radius 2 is 1.18 bits per heavy atom. The Labute approximate surface area is 183 Å². The van der Waals surface area contributed by atoms with Crippen molar-refractivity contribution in [2.75, 3.05) is 13.2 Å². The van der Waals surface area contributed by atoms with E-state index >= 15 is 0 Å². The third kappa shape index (κ3) is 5.84. The predicted octanol–water partition coefficient (Wildman–Crippen LogP) is 5.45. The van der Waals surface area contributed by atoms with Gasteiger partial charge >= 0.3 is 11.9 Å². The molecule has 0 aromatic carbocycles. The van der Waals surface area contributed by atoms with E-state index in [2.05, 4.69) is 11.8 Å². The second-order valence-corrected chi connectivity index (χ2v) is 10.2. The fraction of sp³-hybridized carbons (Fsp3) is 0.400. The fourth-order valence-corrected chi connectivity index (χ4v) is 6.94. The molecule has 28 heavy (non-hydrogen) atoms. The molecule has 0 atom stereocenters. The SMILES string of the molecule is C#CC1=C(C#C)SC(=C2SC(C(=O)OCCCC)=C(C(=O)OCCCC)S2)S1. The Bertz CT molecular complexity index is 760. The van der Waals surface area contributed by atoms with E-state index in [1.54, 1.807) is 0 Å². The van der Waals surface area contributed by atoms with Gasteiger partial charge in [0.05, 0.1) is 31.5 Å². The summed E-state index contributed by atoms with van der Waals surface area (Å²) in [5, 5.41) is 0. The summed E-state index contributed by atoms with van der Waals surface area (Å²) in [6.07, 6.45) is 14.4. The minimum atomic E-state index is -0.501. The van der Waals surface area contributed by atoms with Crippen molar-refractivity contribution in [3.63, 3.8) is 0 Å². The van der Waals surface area contributed by atoms with E-state index in [4.69, 9.17) is 22.3 Å². The molecule has 2 aliphatic rings. The minimum absolute atomic E-state index is 0.266. The van der Waals surface area contributed by atoms with Gasteiger partial charge < -0.3 is 9.47 Å². The largest absolute Gasteiger partial charge is 0.462 e. The summed E-state index contributed by atoms with van der Waals surface area (Å²) >= 11 is 5.20. The van der Waals surface area contributed by atoms with Crippen LogP contribution in [0.4, 0.5) is 0 Å². The van der Waals surface area contributed by atoms with Crippen LogP contribution < -0.4 is 0 Å². The molecule has 0 amide bonds. The topological polar surface area (TPSA) is 52.6 Å². The third-order valence-corrected chi connectivity index (χ3v) is 8.99. The first-order valence-corrected chi connectivity index (χ1v) is 12.0.